The quantitative estimate of drug-likeness (QED) is 0.252. The molecule has 1 unspecified atom stereocenters. The maximum atomic E-state index is 14.6. The zero-order valence-corrected chi connectivity index (χ0v) is 20.5. The van der Waals surface area contributed by atoms with Crippen molar-refractivity contribution in [2.75, 3.05) is 19.0 Å². The molecule has 3 rings (SSSR count). The number of rotatable bonds is 12. The standard InChI is InChI=1S/C26H26F2N4O6/c1-15(6-9-37-22-13-21(30-2)18(26(35)36)12-19(22)27)38-23-10-16(17(25(33)34)11-20(23)28)4-3-5-24(29)32-8-7-31-14-32/h3-5,7-8,10-15,30H,6,9,29H2,1-2H3,(H,33,34)(H,35,36)/b4-3+,24-5+. The molecular formula is C26H26F2N4O6. The summed E-state index contributed by atoms with van der Waals surface area (Å²) in [5, 5.41) is 21.3. The SMILES string of the molecule is CNc1cc(OCCC(C)Oc2cc(/C=C/C=C(\N)n3ccnc3)c(C(=O)O)cc2F)c(F)cc1C(=O)O. The van der Waals surface area contributed by atoms with Crippen LogP contribution < -0.4 is 20.5 Å². The van der Waals surface area contributed by atoms with E-state index in [1.54, 1.807) is 23.9 Å². The number of nitrogens with one attached hydrogen (secondary N) is 1. The first-order chi connectivity index (χ1) is 18.1. The molecule has 0 radical (unpaired) electrons. The molecule has 0 aliphatic rings. The van der Waals surface area contributed by atoms with Crippen molar-refractivity contribution in [1.29, 1.82) is 0 Å². The van der Waals surface area contributed by atoms with Crippen molar-refractivity contribution >= 4 is 29.5 Å². The van der Waals surface area contributed by atoms with Crippen LogP contribution in [0.2, 0.25) is 0 Å². The number of anilines is 1. The van der Waals surface area contributed by atoms with E-state index in [-0.39, 0.29) is 46.9 Å². The number of nitrogens with two attached hydrogens (primary N) is 1. The van der Waals surface area contributed by atoms with Gasteiger partial charge in [0.05, 0.1) is 29.5 Å². The Labute approximate surface area is 216 Å². The van der Waals surface area contributed by atoms with Gasteiger partial charge in [0.1, 0.15) is 12.1 Å². The summed E-state index contributed by atoms with van der Waals surface area (Å²) >= 11 is 0. The second-order valence-corrected chi connectivity index (χ2v) is 8.04. The van der Waals surface area contributed by atoms with Crippen molar-refractivity contribution in [2.45, 2.75) is 19.4 Å². The van der Waals surface area contributed by atoms with Gasteiger partial charge in [-0.1, -0.05) is 12.2 Å². The van der Waals surface area contributed by atoms with Gasteiger partial charge in [0.25, 0.3) is 0 Å². The van der Waals surface area contributed by atoms with E-state index in [1.165, 1.54) is 43.7 Å². The molecule has 0 spiro atoms. The van der Waals surface area contributed by atoms with Gasteiger partial charge in [-0.2, -0.15) is 0 Å². The van der Waals surface area contributed by atoms with E-state index in [2.05, 4.69) is 10.3 Å². The first-order valence-electron chi connectivity index (χ1n) is 11.3. The maximum Gasteiger partial charge on any atom is 0.337 e. The molecular weight excluding hydrogens is 502 g/mol. The predicted octanol–water partition coefficient (Wildman–Crippen LogP) is 4.31. The van der Waals surface area contributed by atoms with E-state index in [0.717, 1.165) is 12.1 Å². The summed E-state index contributed by atoms with van der Waals surface area (Å²) in [7, 11) is 1.50. The van der Waals surface area contributed by atoms with Crippen LogP contribution in [0.5, 0.6) is 11.5 Å². The Kier molecular flexibility index (Phi) is 9.04. The Hall–Kier alpha value is -4.87. The average molecular weight is 529 g/mol. The Balaban J connectivity index is 1.69. The fourth-order valence-corrected chi connectivity index (χ4v) is 3.39. The highest BCUT2D eigenvalue weighted by Gasteiger charge is 2.18. The number of aromatic carboxylic acids is 2. The van der Waals surface area contributed by atoms with Crippen LogP contribution in [-0.2, 0) is 0 Å². The molecule has 0 fully saturated rings. The molecule has 0 saturated carbocycles. The summed E-state index contributed by atoms with van der Waals surface area (Å²) in [5.74, 6) is -4.32. The van der Waals surface area contributed by atoms with Gasteiger partial charge in [0.2, 0.25) is 0 Å². The van der Waals surface area contributed by atoms with Crippen molar-refractivity contribution in [3.63, 3.8) is 0 Å². The minimum Gasteiger partial charge on any atom is -0.490 e. The van der Waals surface area contributed by atoms with E-state index in [9.17, 15) is 23.5 Å². The number of carboxylic acids is 2. The van der Waals surface area contributed by atoms with Crippen molar-refractivity contribution in [3.8, 4) is 11.5 Å². The summed E-state index contributed by atoms with van der Waals surface area (Å²) in [4.78, 5) is 26.7. The van der Waals surface area contributed by atoms with Crippen molar-refractivity contribution in [1.82, 2.24) is 9.55 Å². The summed E-state index contributed by atoms with van der Waals surface area (Å²) in [6.45, 7) is 1.62. The summed E-state index contributed by atoms with van der Waals surface area (Å²) in [6, 6.07) is 4.22. The lowest BCUT2D eigenvalue weighted by Gasteiger charge is -2.17. The van der Waals surface area contributed by atoms with E-state index >= 15 is 0 Å². The van der Waals surface area contributed by atoms with Gasteiger partial charge in [-0.15, -0.1) is 0 Å². The number of hydrogen-bond donors (Lipinski definition) is 4. The predicted molar refractivity (Wildman–Crippen MR) is 136 cm³/mol. The van der Waals surface area contributed by atoms with Gasteiger partial charge in [0, 0.05) is 31.9 Å². The Bertz CT molecular complexity index is 1370. The van der Waals surface area contributed by atoms with E-state index < -0.39 is 29.7 Å². The average Bonchev–Trinajstić information content (AvgIpc) is 3.41. The molecule has 0 bridgehead atoms. The van der Waals surface area contributed by atoms with Crippen molar-refractivity contribution < 1.29 is 38.1 Å². The number of carboxylic acid groups (broad SMARTS) is 2. The highest BCUT2D eigenvalue weighted by Crippen LogP contribution is 2.28. The van der Waals surface area contributed by atoms with E-state index in [0.29, 0.717) is 5.82 Å². The molecule has 1 atom stereocenters. The van der Waals surface area contributed by atoms with Gasteiger partial charge >= 0.3 is 11.9 Å². The number of nitrogens with zero attached hydrogens (tertiary/aromatic N) is 2. The molecule has 12 heteroatoms. The smallest absolute Gasteiger partial charge is 0.337 e. The van der Waals surface area contributed by atoms with Crippen LogP contribution in [0.4, 0.5) is 14.5 Å². The molecule has 1 aromatic heterocycles. The molecule has 0 aliphatic carbocycles. The Morgan fingerprint density at radius 2 is 1.82 bits per heavy atom. The fourth-order valence-electron chi connectivity index (χ4n) is 3.39. The molecule has 0 aliphatic heterocycles. The minimum atomic E-state index is -1.32. The van der Waals surface area contributed by atoms with Crippen LogP contribution >= 0.6 is 0 Å². The third-order valence-corrected chi connectivity index (χ3v) is 5.36. The second kappa shape index (κ2) is 12.4. The topological polar surface area (TPSA) is 149 Å². The van der Waals surface area contributed by atoms with Crippen LogP contribution in [0.3, 0.4) is 0 Å². The maximum absolute atomic E-state index is 14.6. The van der Waals surface area contributed by atoms with E-state index in [1.807, 2.05) is 0 Å². The number of allylic oxidation sites excluding steroid dienone is 2. The molecule has 38 heavy (non-hydrogen) atoms. The number of hydrogen-bond acceptors (Lipinski definition) is 7. The highest BCUT2D eigenvalue weighted by atomic mass is 19.1. The molecule has 10 nitrogen and oxygen atoms in total. The first-order valence-corrected chi connectivity index (χ1v) is 11.3. The fraction of sp³-hybridized carbons (Fsp3) is 0.192. The lowest BCUT2D eigenvalue weighted by Crippen LogP contribution is -2.17. The Morgan fingerprint density at radius 1 is 1.13 bits per heavy atom. The molecule has 1 heterocycles. The highest BCUT2D eigenvalue weighted by molar-refractivity contribution is 5.94. The third kappa shape index (κ3) is 6.87. The van der Waals surface area contributed by atoms with Crippen LogP contribution in [0, 0.1) is 11.6 Å². The van der Waals surface area contributed by atoms with Crippen LogP contribution in [0.15, 0.2) is 55.1 Å². The number of imidazole rings is 1. The lowest BCUT2D eigenvalue weighted by molar-refractivity contribution is 0.0686. The van der Waals surface area contributed by atoms with Crippen LogP contribution in [0.1, 0.15) is 39.6 Å². The zero-order chi connectivity index (χ0) is 27.8. The van der Waals surface area contributed by atoms with Crippen LogP contribution in [0.25, 0.3) is 11.9 Å². The minimum absolute atomic E-state index is 0.0203. The number of halogens is 2. The van der Waals surface area contributed by atoms with Crippen molar-refractivity contribution in [3.05, 3.63) is 83.5 Å². The van der Waals surface area contributed by atoms with Gasteiger partial charge in [0.15, 0.2) is 23.1 Å². The summed E-state index contributed by atoms with van der Waals surface area (Å²) < 4.78 is 41.5. The number of aromatic nitrogens is 2. The number of benzene rings is 2. The lowest BCUT2D eigenvalue weighted by atomic mass is 10.1. The molecule has 5 N–H and O–H groups in total. The number of ether oxygens (including phenoxy) is 2. The largest absolute Gasteiger partial charge is 0.490 e. The molecule has 2 aromatic carbocycles. The van der Waals surface area contributed by atoms with Gasteiger partial charge in [-0.05, 0) is 36.8 Å². The Morgan fingerprint density at radius 3 is 2.45 bits per heavy atom. The molecule has 200 valence electrons. The summed E-state index contributed by atoms with van der Waals surface area (Å²) in [6.07, 6.45) is 8.79. The van der Waals surface area contributed by atoms with Crippen LogP contribution in [-0.4, -0.2) is 51.5 Å². The van der Waals surface area contributed by atoms with Gasteiger partial charge in [-0.3, -0.25) is 4.57 Å². The van der Waals surface area contributed by atoms with E-state index in [4.69, 9.17) is 20.3 Å². The zero-order valence-electron chi connectivity index (χ0n) is 20.5. The van der Waals surface area contributed by atoms with Crippen molar-refractivity contribution in [2.24, 2.45) is 5.73 Å². The summed E-state index contributed by atoms with van der Waals surface area (Å²) in [5.41, 5.74) is 5.79. The third-order valence-electron chi connectivity index (χ3n) is 5.36. The van der Waals surface area contributed by atoms with Gasteiger partial charge in [-0.25, -0.2) is 23.4 Å². The molecule has 0 amide bonds. The number of carbonyl (C=O) groups is 2. The van der Waals surface area contributed by atoms with Gasteiger partial charge < -0.3 is 30.7 Å². The monoisotopic (exact) mass is 528 g/mol. The molecule has 3 aromatic rings. The normalized spacial score (nSPS) is 12.4. The first kappa shape index (κ1) is 27.7. The second-order valence-electron chi connectivity index (χ2n) is 8.04. The molecule has 0 saturated heterocycles.